The molecule has 1 aliphatic heterocycles. The third-order valence-electron chi connectivity index (χ3n) is 4.25. The van der Waals surface area contributed by atoms with E-state index in [9.17, 15) is 4.79 Å². The van der Waals surface area contributed by atoms with Crippen molar-refractivity contribution in [3.8, 4) is 11.1 Å². The van der Waals surface area contributed by atoms with Crippen LogP contribution in [0.15, 0.2) is 42.7 Å². The summed E-state index contributed by atoms with van der Waals surface area (Å²) in [5.74, 6) is 0.853. The number of anilines is 1. The molecule has 3 rings (SSSR count). The van der Waals surface area contributed by atoms with Crippen LogP contribution in [0.3, 0.4) is 0 Å². The second kappa shape index (κ2) is 7.43. The molecule has 1 unspecified atom stereocenters. The van der Waals surface area contributed by atoms with Crippen molar-refractivity contribution in [1.82, 2.24) is 15.3 Å². The second-order valence-electron chi connectivity index (χ2n) is 6.59. The van der Waals surface area contributed by atoms with Gasteiger partial charge in [-0.3, -0.25) is 4.79 Å². The van der Waals surface area contributed by atoms with Crippen LogP contribution in [0.1, 0.15) is 26.7 Å². The first kappa shape index (κ1) is 16.4. The molecule has 2 heterocycles. The van der Waals surface area contributed by atoms with Gasteiger partial charge < -0.3 is 10.2 Å². The first-order valence-electron chi connectivity index (χ1n) is 8.56. The molecule has 1 atom stereocenters. The average molecular weight is 324 g/mol. The number of hydrogen-bond donors (Lipinski definition) is 1. The van der Waals surface area contributed by atoms with E-state index in [-0.39, 0.29) is 17.9 Å². The number of aromatic nitrogens is 2. The maximum atomic E-state index is 12.2. The Hall–Kier alpha value is -2.43. The maximum Gasteiger partial charge on any atom is 0.225 e. The molecule has 2 aromatic rings. The Morgan fingerprint density at radius 1 is 1.17 bits per heavy atom. The molecule has 0 radical (unpaired) electrons. The molecule has 1 fully saturated rings. The number of nitrogens with zero attached hydrogens (tertiary/aromatic N) is 3. The van der Waals surface area contributed by atoms with Gasteiger partial charge in [-0.15, -0.1) is 0 Å². The van der Waals surface area contributed by atoms with Crippen LogP contribution in [0.25, 0.3) is 11.1 Å². The lowest BCUT2D eigenvalue weighted by Crippen LogP contribution is -2.45. The minimum Gasteiger partial charge on any atom is -0.354 e. The molecule has 1 saturated heterocycles. The Kier molecular flexibility index (Phi) is 5.08. The summed E-state index contributed by atoms with van der Waals surface area (Å²) in [6, 6.07) is 10.3. The first-order chi connectivity index (χ1) is 11.6. The van der Waals surface area contributed by atoms with Gasteiger partial charge in [0.1, 0.15) is 0 Å². The lowest BCUT2D eigenvalue weighted by atomic mass is 9.97. The van der Waals surface area contributed by atoms with Crippen molar-refractivity contribution in [2.24, 2.45) is 5.92 Å². The predicted octanol–water partition coefficient (Wildman–Crippen LogP) is 2.88. The molecule has 1 aromatic heterocycles. The zero-order valence-corrected chi connectivity index (χ0v) is 14.3. The summed E-state index contributed by atoms with van der Waals surface area (Å²) in [6.45, 7) is 5.56. The molecule has 0 saturated carbocycles. The summed E-state index contributed by atoms with van der Waals surface area (Å²) in [4.78, 5) is 23.4. The number of amides is 1. The summed E-state index contributed by atoms with van der Waals surface area (Å²) in [5.41, 5.74) is 2.11. The van der Waals surface area contributed by atoms with Gasteiger partial charge >= 0.3 is 0 Å². The second-order valence-corrected chi connectivity index (χ2v) is 6.59. The fourth-order valence-corrected chi connectivity index (χ4v) is 3.04. The van der Waals surface area contributed by atoms with Gasteiger partial charge in [-0.1, -0.05) is 30.3 Å². The summed E-state index contributed by atoms with van der Waals surface area (Å²) >= 11 is 0. The minimum atomic E-state index is 0.0125. The molecule has 0 aliphatic carbocycles. The molecular formula is C19H24N4O. The monoisotopic (exact) mass is 324 g/mol. The molecular weight excluding hydrogens is 300 g/mol. The van der Waals surface area contributed by atoms with Gasteiger partial charge in [0.15, 0.2) is 0 Å². The van der Waals surface area contributed by atoms with Crippen molar-refractivity contribution in [2.45, 2.75) is 32.7 Å². The molecule has 1 aliphatic rings. The van der Waals surface area contributed by atoms with Crippen molar-refractivity contribution in [2.75, 3.05) is 18.0 Å². The minimum absolute atomic E-state index is 0.0125. The zero-order chi connectivity index (χ0) is 16.9. The molecule has 1 aromatic carbocycles. The molecule has 1 N–H and O–H groups in total. The Morgan fingerprint density at radius 2 is 1.88 bits per heavy atom. The summed E-state index contributed by atoms with van der Waals surface area (Å²) in [7, 11) is 0. The summed E-state index contributed by atoms with van der Waals surface area (Å²) in [6.07, 6.45) is 5.63. The van der Waals surface area contributed by atoms with Crippen LogP contribution in [0.4, 0.5) is 5.95 Å². The van der Waals surface area contributed by atoms with Crippen LogP contribution >= 0.6 is 0 Å². The largest absolute Gasteiger partial charge is 0.354 e. The van der Waals surface area contributed by atoms with E-state index in [1.54, 1.807) is 0 Å². The van der Waals surface area contributed by atoms with Crippen LogP contribution in [0.5, 0.6) is 0 Å². The number of nitrogens with one attached hydrogen (secondary N) is 1. The van der Waals surface area contributed by atoms with E-state index < -0.39 is 0 Å². The van der Waals surface area contributed by atoms with E-state index in [0.717, 1.165) is 30.5 Å². The molecule has 24 heavy (non-hydrogen) atoms. The van der Waals surface area contributed by atoms with Gasteiger partial charge in [0, 0.05) is 37.1 Å². The molecule has 126 valence electrons. The van der Waals surface area contributed by atoms with Crippen LogP contribution in [0, 0.1) is 5.92 Å². The maximum absolute atomic E-state index is 12.2. The quantitative estimate of drug-likeness (QED) is 0.939. The van der Waals surface area contributed by atoms with Crippen LogP contribution in [-0.2, 0) is 4.79 Å². The Balaban J connectivity index is 1.69. The van der Waals surface area contributed by atoms with Gasteiger partial charge in [-0.05, 0) is 32.3 Å². The zero-order valence-electron chi connectivity index (χ0n) is 14.3. The Labute approximate surface area is 143 Å². The SMILES string of the molecule is CC(C)NC(=O)C1CCCN(c2ncc(-c3ccccc3)cn2)C1. The summed E-state index contributed by atoms with van der Waals surface area (Å²) < 4.78 is 0. The van der Waals surface area contributed by atoms with E-state index in [1.165, 1.54) is 0 Å². The highest BCUT2D eigenvalue weighted by molar-refractivity contribution is 5.79. The molecule has 1 amide bonds. The van der Waals surface area contributed by atoms with E-state index in [0.29, 0.717) is 12.5 Å². The highest BCUT2D eigenvalue weighted by Crippen LogP contribution is 2.22. The number of hydrogen-bond acceptors (Lipinski definition) is 4. The fraction of sp³-hybridized carbons (Fsp3) is 0.421. The van der Waals surface area contributed by atoms with E-state index in [2.05, 4.69) is 20.2 Å². The Morgan fingerprint density at radius 3 is 2.54 bits per heavy atom. The molecule has 5 heteroatoms. The van der Waals surface area contributed by atoms with Gasteiger partial charge in [0.25, 0.3) is 0 Å². The average Bonchev–Trinajstić information content (AvgIpc) is 2.62. The van der Waals surface area contributed by atoms with E-state index in [4.69, 9.17) is 0 Å². The first-order valence-corrected chi connectivity index (χ1v) is 8.56. The Bertz CT molecular complexity index is 670. The van der Waals surface area contributed by atoms with E-state index in [1.807, 2.05) is 56.6 Å². The summed E-state index contributed by atoms with van der Waals surface area (Å²) in [5, 5.41) is 3.01. The number of rotatable bonds is 4. The van der Waals surface area contributed by atoms with Crippen LogP contribution in [-0.4, -0.2) is 35.0 Å². The molecule has 0 spiro atoms. The highest BCUT2D eigenvalue weighted by atomic mass is 16.2. The van der Waals surface area contributed by atoms with Crippen LogP contribution in [0.2, 0.25) is 0 Å². The third-order valence-corrected chi connectivity index (χ3v) is 4.25. The van der Waals surface area contributed by atoms with Crippen molar-refractivity contribution >= 4 is 11.9 Å². The van der Waals surface area contributed by atoms with Gasteiger partial charge in [-0.25, -0.2) is 9.97 Å². The van der Waals surface area contributed by atoms with Gasteiger partial charge in [-0.2, -0.15) is 0 Å². The molecule has 0 bridgehead atoms. The normalized spacial score (nSPS) is 17.8. The predicted molar refractivity (Wildman–Crippen MR) is 95.7 cm³/mol. The smallest absolute Gasteiger partial charge is 0.225 e. The highest BCUT2D eigenvalue weighted by Gasteiger charge is 2.27. The lowest BCUT2D eigenvalue weighted by molar-refractivity contribution is -0.125. The van der Waals surface area contributed by atoms with Crippen molar-refractivity contribution in [3.05, 3.63) is 42.7 Å². The van der Waals surface area contributed by atoms with Crippen molar-refractivity contribution in [3.63, 3.8) is 0 Å². The number of piperidine rings is 1. The lowest BCUT2D eigenvalue weighted by Gasteiger charge is -2.32. The van der Waals surface area contributed by atoms with Gasteiger partial charge in [0.2, 0.25) is 11.9 Å². The standard InChI is InChI=1S/C19H24N4O/c1-14(2)22-18(24)16-9-6-10-23(13-16)19-20-11-17(12-21-19)15-7-4-3-5-8-15/h3-5,7-8,11-12,14,16H,6,9-10,13H2,1-2H3,(H,22,24). The fourth-order valence-electron chi connectivity index (χ4n) is 3.04. The number of carbonyl (C=O) groups excluding carboxylic acids is 1. The third kappa shape index (κ3) is 3.91. The molecule has 5 nitrogen and oxygen atoms in total. The van der Waals surface area contributed by atoms with E-state index >= 15 is 0 Å². The van der Waals surface area contributed by atoms with Gasteiger partial charge in [0.05, 0.1) is 5.92 Å². The van der Waals surface area contributed by atoms with Crippen molar-refractivity contribution < 1.29 is 4.79 Å². The number of benzene rings is 1. The number of carbonyl (C=O) groups is 1. The topological polar surface area (TPSA) is 58.1 Å². The van der Waals surface area contributed by atoms with Crippen LogP contribution < -0.4 is 10.2 Å². The van der Waals surface area contributed by atoms with Crippen molar-refractivity contribution in [1.29, 1.82) is 0 Å².